The number of rotatable bonds is 1. The van der Waals surface area contributed by atoms with Gasteiger partial charge in [-0.05, 0) is 32.0 Å². The molecule has 3 heterocycles. The first-order chi connectivity index (χ1) is 8.86. The summed E-state index contributed by atoms with van der Waals surface area (Å²) in [7, 11) is 0. The Bertz CT molecular complexity index is 559. The molecule has 0 saturated carbocycles. The molecule has 1 aliphatic heterocycles. The van der Waals surface area contributed by atoms with E-state index in [2.05, 4.69) is 43.5 Å². The van der Waals surface area contributed by atoms with E-state index in [4.69, 9.17) is 0 Å². The van der Waals surface area contributed by atoms with Gasteiger partial charge in [-0.2, -0.15) is 0 Å². The lowest BCUT2D eigenvalue weighted by atomic mass is 10.1. The minimum atomic E-state index is -0.0186. The number of aromatic nitrogens is 3. The number of piperidine rings is 1. The van der Waals surface area contributed by atoms with Crippen molar-refractivity contribution in [2.24, 2.45) is 0 Å². The van der Waals surface area contributed by atoms with E-state index in [1.165, 1.54) is 0 Å². The highest BCUT2D eigenvalue weighted by molar-refractivity contribution is 9.93. The Morgan fingerprint density at radius 1 is 1.33 bits per heavy atom. The summed E-state index contributed by atoms with van der Waals surface area (Å²) in [6.07, 6.45) is 5.45. The minimum absolute atomic E-state index is 0.0186. The highest BCUT2D eigenvalue weighted by Gasteiger charge is 2.19. The number of pyridine rings is 1. The Kier molecular flexibility index (Phi) is 4.96. The molecule has 0 bridgehead atoms. The van der Waals surface area contributed by atoms with Gasteiger partial charge in [-0.15, -0.1) is 0 Å². The third-order valence-corrected chi connectivity index (χ3v) is 3.19. The Labute approximate surface area is 120 Å². The summed E-state index contributed by atoms with van der Waals surface area (Å²) in [4.78, 5) is 18.8. The third-order valence-electron chi connectivity index (χ3n) is 3.19. The molecule has 2 N–H and O–H groups in total. The lowest BCUT2D eigenvalue weighted by Gasteiger charge is -2.23. The maximum absolute atomic E-state index is 11.9. The van der Waals surface area contributed by atoms with Crippen molar-refractivity contribution in [2.75, 3.05) is 13.1 Å². The zero-order chi connectivity index (χ0) is 13.0. The largest absolute Gasteiger partial charge is 0.326 e. The molecule has 5 nitrogen and oxygen atoms in total. The summed E-state index contributed by atoms with van der Waals surface area (Å²) in [5.74, 6) is 0. The van der Waals surface area contributed by atoms with E-state index >= 15 is 0 Å². The van der Waals surface area contributed by atoms with E-state index in [9.17, 15) is 4.79 Å². The first-order valence-corrected chi connectivity index (χ1v) is 9.47. The molecule has 2 aromatic rings. The summed E-state index contributed by atoms with van der Waals surface area (Å²) >= 11 is 5.50. The molecule has 0 spiro atoms. The Hall–Kier alpha value is -0.660. The molecule has 0 radical (unpaired) electrons. The van der Waals surface area contributed by atoms with Crippen LogP contribution < -0.4 is 11.0 Å². The van der Waals surface area contributed by atoms with Gasteiger partial charge in [0.25, 0.3) is 0 Å². The van der Waals surface area contributed by atoms with E-state index in [-0.39, 0.29) is 5.69 Å². The number of hydrogen-bond acceptors (Lipinski definition) is 3. The molecule has 3 rings (SSSR count). The van der Waals surface area contributed by atoms with Crippen LogP contribution in [0.5, 0.6) is 0 Å². The normalized spacial score (nSPS) is 16.3. The van der Waals surface area contributed by atoms with Gasteiger partial charge in [-0.1, -0.05) is 0 Å². The smallest absolute Gasteiger partial charge is 0.317 e. The van der Waals surface area contributed by atoms with Crippen molar-refractivity contribution in [3.8, 4) is 0 Å². The second kappa shape index (κ2) is 6.49. The molecule has 98 valence electrons. The second-order valence-corrected chi connectivity index (χ2v) is 4.17. The lowest BCUT2D eigenvalue weighted by Crippen LogP contribution is -2.33. The molecule has 2 aromatic heterocycles. The number of imidazole rings is 1. The Morgan fingerprint density at radius 3 is 2.78 bits per heavy atom. The van der Waals surface area contributed by atoms with Gasteiger partial charge in [0.2, 0.25) is 0 Å². The van der Waals surface area contributed by atoms with Gasteiger partial charge in [0, 0.05) is 40.5 Å². The monoisotopic (exact) mass is 376 g/mol. The fourth-order valence-corrected chi connectivity index (χ4v) is 2.41. The average molecular weight is 378 g/mol. The summed E-state index contributed by atoms with van der Waals surface area (Å²) in [6.45, 7) is 1.96. The van der Waals surface area contributed by atoms with Crippen LogP contribution >= 0.6 is 28.3 Å². The number of hydrogen-bond donors (Lipinski definition) is 2. The minimum Gasteiger partial charge on any atom is -0.317 e. The number of aromatic amines is 1. The van der Waals surface area contributed by atoms with Crippen molar-refractivity contribution in [2.45, 2.75) is 18.9 Å². The van der Waals surface area contributed by atoms with Gasteiger partial charge in [0.15, 0.2) is 0 Å². The molecule has 0 atom stereocenters. The van der Waals surface area contributed by atoms with Gasteiger partial charge in [-0.25, -0.2) is 4.79 Å². The van der Waals surface area contributed by atoms with Crippen LogP contribution in [0.2, 0.25) is 0 Å². The van der Waals surface area contributed by atoms with Crippen molar-refractivity contribution in [1.29, 1.82) is 0 Å². The number of nitrogens with one attached hydrogen (secondary N) is 2. The van der Waals surface area contributed by atoms with E-state index in [1.54, 1.807) is 12.4 Å². The molecule has 0 aromatic carbocycles. The predicted octanol–water partition coefficient (Wildman–Crippen LogP) is 2.34. The molecule has 1 aliphatic rings. The van der Waals surface area contributed by atoms with Gasteiger partial charge >= 0.3 is 5.69 Å². The molecular weight excluding hydrogens is 364 g/mol. The van der Waals surface area contributed by atoms with Gasteiger partial charge in [0.05, 0.1) is 17.2 Å². The molecule has 18 heavy (non-hydrogen) atoms. The zero-order valence-corrected chi connectivity index (χ0v) is 12.9. The molecule has 0 amide bonds. The Balaban J connectivity index is 0.000000574. The summed E-state index contributed by atoms with van der Waals surface area (Å²) in [5, 5.41) is 3.31. The predicted molar refractivity (Wildman–Crippen MR) is 79.3 cm³/mol. The van der Waals surface area contributed by atoms with Crippen LogP contribution in [0, 0.1) is 0 Å². The van der Waals surface area contributed by atoms with Crippen LogP contribution in [-0.2, 0) is 0 Å². The highest BCUT2D eigenvalue weighted by atomic mass is 80.9. The van der Waals surface area contributed by atoms with Crippen LogP contribution in [0.15, 0.2) is 23.3 Å². The quantitative estimate of drug-likeness (QED) is 0.801. The average Bonchev–Trinajstić information content (AvgIpc) is 2.78. The third kappa shape index (κ3) is 2.67. The molecule has 1 fully saturated rings. The van der Waals surface area contributed by atoms with Gasteiger partial charge < -0.3 is 10.3 Å². The molecule has 7 heteroatoms. The van der Waals surface area contributed by atoms with E-state index in [0.29, 0.717) is 6.04 Å². The fraction of sp³-hybridized carbons (Fsp3) is 0.455. The summed E-state index contributed by atoms with van der Waals surface area (Å²) in [6, 6.07) is 2.21. The van der Waals surface area contributed by atoms with Crippen LogP contribution in [-0.4, -0.2) is 27.6 Å². The topological polar surface area (TPSA) is 62.7 Å². The van der Waals surface area contributed by atoms with Gasteiger partial charge in [0.1, 0.15) is 0 Å². The molecule has 0 unspecified atom stereocenters. The van der Waals surface area contributed by atoms with E-state index in [1.807, 2.05) is 10.6 Å². The molecule has 1 saturated heterocycles. The number of H-pyrrole nitrogens is 1. The SMILES string of the molecule is BrBr.O=c1[nH]c2cnccc2n1C1CCNCC1. The van der Waals surface area contributed by atoms with Crippen molar-refractivity contribution in [3.63, 3.8) is 0 Å². The Morgan fingerprint density at radius 2 is 2.06 bits per heavy atom. The van der Waals surface area contributed by atoms with Crippen molar-refractivity contribution in [3.05, 3.63) is 28.9 Å². The van der Waals surface area contributed by atoms with Crippen molar-refractivity contribution in [1.82, 2.24) is 19.9 Å². The highest BCUT2D eigenvalue weighted by Crippen LogP contribution is 2.20. The van der Waals surface area contributed by atoms with Gasteiger partial charge in [-0.3, -0.25) is 9.55 Å². The number of fused-ring (bicyclic) bond motifs is 1. The summed E-state index contributed by atoms with van der Waals surface area (Å²) in [5.41, 5.74) is 1.77. The van der Waals surface area contributed by atoms with Crippen LogP contribution in [0.3, 0.4) is 0 Å². The van der Waals surface area contributed by atoms with Crippen LogP contribution in [0.1, 0.15) is 18.9 Å². The van der Waals surface area contributed by atoms with Crippen molar-refractivity contribution < 1.29 is 0 Å². The maximum Gasteiger partial charge on any atom is 0.326 e. The van der Waals surface area contributed by atoms with Crippen LogP contribution in [0.4, 0.5) is 0 Å². The second-order valence-electron chi connectivity index (χ2n) is 4.17. The van der Waals surface area contributed by atoms with E-state index in [0.717, 1.165) is 37.0 Å². The molecule has 0 aliphatic carbocycles. The van der Waals surface area contributed by atoms with Crippen LogP contribution in [0.25, 0.3) is 11.0 Å². The lowest BCUT2D eigenvalue weighted by molar-refractivity contribution is 0.368. The fourth-order valence-electron chi connectivity index (χ4n) is 2.41. The first-order valence-electron chi connectivity index (χ1n) is 5.75. The van der Waals surface area contributed by atoms with Crippen molar-refractivity contribution >= 4 is 39.3 Å². The zero-order valence-electron chi connectivity index (χ0n) is 9.70. The number of nitrogens with zero attached hydrogens (tertiary/aromatic N) is 2. The molecular formula is C11H14Br2N4O. The number of halogens is 2. The first kappa shape index (κ1) is 13.8. The standard InChI is InChI=1S/C11H14N4O.Br2/c16-11-14-9-7-13-6-3-10(9)15(11)8-1-4-12-5-2-8;1-2/h3,6-8,12H,1-2,4-5H2,(H,14,16);. The maximum atomic E-state index is 11.9. The van der Waals surface area contributed by atoms with E-state index < -0.39 is 0 Å². The summed E-state index contributed by atoms with van der Waals surface area (Å²) < 4.78 is 1.87.